The molecule has 10 heteroatoms. The molecule has 1 atom stereocenters. The molecule has 2 heterocycles. The topological polar surface area (TPSA) is 115 Å². The zero-order valence-corrected chi connectivity index (χ0v) is 19.2. The lowest BCUT2D eigenvalue weighted by molar-refractivity contribution is 0.0915. The predicted octanol–water partition coefficient (Wildman–Crippen LogP) is 4.97. The average molecular weight is 472 g/mol. The van der Waals surface area contributed by atoms with E-state index in [0.717, 1.165) is 0 Å². The number of nitrogens with zero attached hydrogens (tertiary/aromatic N) is 2. The number of rotatable bonds is 8. The number of aromatic nitrogens is 2. The van der Waals surface area contributed by atoms with Crippen LogP contribution in [0.5, 0.6) is 17.2 Å². The molecule has 0 aliphatic carbocycles. The molecular weight excluding hydrogens is 446 g/mol. The Kier molecular flexibility index (Phi) is 6.43. The fraction of sp³-hybridized carbons (Fsp3) is 0.217. The van der Waals surface area contributed by atoms with Gasteiger partial charge in [0.25, 0.3) is 5.91 Å². The fourth-order valence-corrected chi connectivity index (χ4v) is 4.60. The van der Waals surface area contributed by atoms with Crippen LogP contribution in [0, 0.1) is 0 Å². The van der Waals surface area contributed by atoms with Gasteiger partial charge in [0.2, 0.25) is 0 Å². The Morgan fingerprint density at radius 1 is 1.15 bits per heavy atom. The number of fused-ring (bicyclic) bond motifs is 1. The lowest BCUT2D eigenvalue weighted by atomic mass is 10.1. The molecule has 0 saturated carbocycles. The van der Waals surface area contributed by atoms with Crippen LogP contribution < -0.4 is 14.8 Å². The summed E-state index contributed by atoms with van der Waals surface area (Å²) in [6.07, 6.45) is 3.13. The molecule has 0 bridgehead atoms. The normalized spacial score (nSPS) is 15.5. The smallest absolute Gasteiger partial charge is 0.257 e. The van der Waals surface area contributed by atoms with Crippen LogP contribution in [-0.2, 0) is 11.8 Å². The Hall–Kier alpha value is -3.31. The summed E-state index contributed by atoms with van der Waals surface area (Å²) in [6.45, 7) is 2.24. The Balaban J connectivity index is 1.61. The molecule has 0 fully saturated rings. The Morgan fingerprint density at radius 2 is 1.94 bits per heavy atom. The van der Waals surface area contributed by atoms with E-state index >= 15 is 0 Å². The summed E-state index contributed by atoms with van der Waals surface area (Å²) in [4.78, 5) is 13.3. The van der Waals surface area contributed by atoms with Crippen molar-refractivity contribution in [2.45, 2.75) is 17.9 Å². The van der Waals surface area contributed by atoms with Gasteiger partial charge < -0.3 is 19.5 Å². The SMILES string of the molecule is COC[C@H](C)Oc1cc(Oc2ccc3c(c2)C=CS3(O)O)cc(C(=O)Nc2ccn(C)n2)c1. The number of benzene rings is 2. The molecule has 9 nitrogen and oxygen atoms in total. The number of carbonyl (C=O) groups is 1. The van der Waals surface area contributed by atoms with Gasteiger partial charge in [0.05, 0.1) is 11.5 Å². The minimum Gasteiger partial charge on any atom is -0.488 e. The van der Waals surface area contributed by atoms with Crippen molar-refractivity contribution in [2.24, 2.45) is 7.05 Å². The third-order valence-corrected chi connectivity index (χ3v) is 6.35. The monoisotopic (exact) mass is 471 g/mol. The van der Waals surface area contributed by atoms with E-state index in [2.05, 4.69) is 10.4 Å². The van der Waals surface area contributed by atoms with E-state index in [4.69, 9.17) is 14.2 Å². The number of carbonyl (C=O) groups excluding carboxylic acids is 1. The maximum absolute atomic E-state index is 12.9. The number of aryl methyl sites for hydroxylation is 1. The first-order valence-corrected chi connectivity index (χ1v) is 11.7. The second-order valence-electron chi connectivity index (χ2n) is 7.60. The summed E-state index contributed by atoms with van der Waals surface area (Å²) in [7, 11) is 0.453. The molecular formula is C23H25N3O6S. The van der Waals surface area contributed by atoms with Crippen LogP contribution in [0.4, 0.5) is 5.82 Å². The highest BCUT2D eigenvalue weighted by atomic mass is 32.3. The number of methoxy groups -OCH3 is 1. The predicted molar refractivity (Wildman–Crippen MR) is 126 cm³/mol. The van der Waals surface area contributed by atoms with Gasteiger partial charge in [-0.15, -0.1) is 10.6 Å². The highest BCUT2D eigenvalue weighted by Crippen LogP contribution is 2.56. The molecule has 3 N–H and O–H groups in total. The molecule has 3 aromatic rings. The minimum atomic E-state index is -2.90. The van der Waals surface area contributed by atoms with Crippen LogP contribution in [0.3, 0.4) is 0 Å². The van der Waals surface area contributed by atoms with Gasteiger partial charge in [-0.05, 0) is 43.3 Å². The lowest BCUT2D eigenvalue weighted by Gasteiger charge is -2.25. The number of ether oxygens (including phenoxy) is 3. The fourth-order valence-electron chi connectivity index (χ4n) is 3.37. The number of hydrogen-bond acceptors (Lipinski definition) is 7. The summed E-state index contributed by atoms with van der Waals surface area (Å²) < 4.78 is 38.7. The van der Waals surface area contributed by atoms with Gasteiger partial charge in [-0.2, -0.15) is 5.10 Å². The molecule has 33 heavy (non-hydrogen) atoms. The van der Waals surface area contributed by atoms with E-state index in [1.54, 1.807) is 73.6 Å². The van der Waals surface area contributed by atoms with E-state index in [-0.39, 0.29) is 12.0 Å². The molecule has 0 radical (unpaired) electrons. The molecule has 4 rings (SSSR count). The van der Waals surface area contributed by atoms with Crippen molar-refractivity contribution in [3.05, 3.63) is 65.2 Å². The van der Waals surface area contributed by atoms with Crippen LogP contribution in [0.1, 0.15) is 22.8 Å². The number of anilines is 1. The number of nitrogens with one attached hydrogen (secondary N) is 1. The van der Waals surface area contributed by atoms with Crippen molar-refractivity contribution in [1.82, 2.24) is 9.78 Å². The molecule has 2 aromatic carbocycles. The molecule has 1 amide bonds. The molecule has 1 aliphatic rings. The van der Waals surface area contributed by atoms with Gasteiger partial charge in [-0.25, -0.2) is 0 Å². The number of amides is 1. The van der Waals surface area contributed by atoms with E-state index in [1.807, 2.05) is 6.92 Å². The van der Waals surface area contributed by atoms with E-state index in [1.165, 1.54) is 5.41 Å². The standard InChI is InChI=1S/C23H25N3O6S/c1-15(14-30-3)31-19-11-17(23(27)24-22-6-8-26(2)25-22)12-20(13-19)32-18-4-5-21-16(10-18)7-9-33(21,28)29/h4-13,15,28-29H,14H2,1-3H3,(H,24,25,27)/t15-/m0/s1. The molecule has 0 saturated heterocycles. The van der Waals surface area contributed by atoms with Crippen molar-refractivity contribution in [1.29, 1.82) is 0 Å². The maximum Gasteiger partial charge on any atom is 0.257 e. The molecule has 1 aromatic heterocycles. The summed E-state index contributed by atoms with van der Waals surface area (Å²) in [5.74, 6) is 1.37. The summed E-state index contributed by atoms with van der Waals surface area (Å²) in [6, 6.07) is 11.6. The van der Waals surface area contributed by atoms with Crippen molar-refractivity contribution in [3.8, 4) is 17.2 Å². The van der Waals surface area contributed by atoms with Crippen LogP contribution in [0.15, 0.2) is 59.0 Å². The summed E-state index contributed by atoms with van der Waals surface area (Å²) in [5.41, 5.74) is 0.995. The average Bonchev–Trinajstić information content (AvgIpc) is 3.29. The van der Waals surface area contributed by atoms with Crippen LogP contribution in [-0.4, -0.2) is 44.6 Å². The second-order valence-corrected chi connectivity index (χ2v) is 9.50. The first-order valence-electron chi connectivity index (χ1n) is 10.1. The lowest BCUT2D eigenvalue weighted by Crippen LogP contribution is -2.18. The van der Waals surface area contributed by atoms with Crippen molar-refractivity contribution < 1.29 is 28.1 Å². The Labute approximate surface area is 192 Å². The Morgan fingerprint density at radius 3 is 2.67 bits per heavy atom. The first-order chi connectivity index (χ1) is 15.7. The van der Waals surface area contributed by atoms with E-state index in [9.17, 15) is 13.9 Å². The van der Waals surface area contributed by atoms with Gasteiger partial charge in [0, 0.05) is 49.0 Å². The summed E-state index contributed by atoms with van der Waals surface area (Å²) >= 11 is 0. The molecule has 0 spiro atoms. The van der Waals surface area contributed by atoms with Gasteiger partial charge in [-0.3, -0.25) is 18.6 Å². The van der Waals surface area contributed by atoms with Crippen LogP contribution >= 0.6 is 10.6 Å². The highest BCUT2D eigenvalue weighted by Gasteiger charge is 2.22. The van der Waals surface area contributed by atoms with Crippen molar-refractivity contribution >= 4 is 28.4 Å². The zero-order chi connectivity index (χ0) is 23.6. The molecule has 0 unspecified atom stereocenters. The Bertz CT molecular complexity index is 1210. The zero-order valence-electron chi connectivity index (χ0n) is 18.4. The third-order valence-electron chi connectivity index (χ3n) is 4.81. The largest absolute Gasteiger partial charge is 0.488 e. The van der Waals surface area contributed by atoms with Gasteiger partial charge in [0.1, 0.15) is 23.4 Å². The first kappa shape index (κ1) is 22.9. The maximum atomic E-state index is 12.9. The van der Waals surface area contributed by atoms with Gasteiger partial charge in [0.15, 0.2) is 5.82 Å². The second kappa shape index (κ2) is 9.28. The van der Waals surface area contributed by atoms with E-state index in [0.29, 0.717) is 45.7 Å². The van der Waals surface area contributed by atoms with Crippen LogP contribution in [0.2, 0.25) is 0 Å². The summed E-state index contributed by atoms with van der Waals surface area (Å²) in [5, 5.41) is 8.30. The van der Waals surface area contributed by atoms with Crippen molar-refractivity contribution in [3.63, 3.8) is 0 Å². The third kappa shape index (κ3) is 5.37. The molecule has 1 aliphatic heterocycles. The van der Waals surface area contributed by atoms with Gasteiger partial charge >= 0.3 is 0 Å². The molecule has 174 valence electrons. The highest BCUT2D eigenvalue weighted by molar-refractivity contribution is 8.27. The van der Waals surface area contributed by atoms with Crippen LogP contribution in [0.25, 0.3) is 6.08 Å². The van der Waals surface area contributed by atoms with Gasteiger partial charge in [-0.1, -0.05) is 0 Å². The quantitative estimate of drug-likeness (QED) is 0.425. The van der Waals surface area contributed by atoms with E-state index < -0.39 is 10.6 Å². The number of hydrogen-bond donors (Lipinski definition) is 3. The van der Waals surface area contributed by atoms with Crippen molar-refractivity contribution in [2.75, 3.05) is 19.0 Å². The minimum absolute atomic E-state index is 0.243.